The van der Waals surface area contributed by atoms with Crippen molar-refractivity contribution < 1.29 is 40.0 Å². The summed E-state index contributed by atoms with van der Waals surface area (Å²) in [4.78, 5) is 27.1. The van der Waals surface area contributed by atoms with Gasteiger partial charge in [0.25, 0.3) is 5.91 Å². The second-order valence-corrected chi connectivity index (χ2v) is 11.1. The number of likely N-dealkylation sites (tertiary alicyclic amines) is 1. The molecule has 0 unspecified atom stereocenters. The number of sulfone groups is 1. The van der Waals surface area contributed by atoms with E-state index in [0.717, 1.165) is 29.4 Å². The number of nitrogens with zero attached hydrogens (tertiary/aromatic N) is 1. The largest absolute Gasteiger partial charge is 0.416 e. The van der Waals surface area contributed by atoms with Crippen LogP contribution in [0.5, 0.6) is 0 Å². The normalized spacial score (nSPS) is 21.3. The van der Waals surface area contributed by atoms with E-state index >= 15 is 0 Å². The lowest BCUT2D eigenvalue weighted by Crippen LogP contribution is -2.50. The molecule has 36 heavy (non-hydrogen) atoms. The Morgan fingerprint density at radius 3 is 2.36 bits per heavy atom. The summed E-state index contributed by atoms with van der Waals surface area (Å²) < 4.78 is 91.9. The van der Waals surface area contributed by atoms with E-state index in [4.69, 9.17) is 0 Å². The number of carbonyl (C=O) groups excluding carboxylic acids is 2. The monoisotopic (exact) mass is 530 g/mol. The highest BCUT2D eigenvalue weighted by atomic mass is 32.2. The van der Waals surface area contributed by atoms with Crippen molar-refractivity contribution in [1.29, 1.82) is 0 Å². The number of nitrogens with one attached hydrogen (secondary N) is 1. The molecule has 1 saturated heterocycles. The maximum Gasteiger partial charge on any atom is 0.416 e. The zero-order valence-corrected chi connectivity index (χ0v) is 19.9. The first kappa shape index (κ1) is 26.1. The van der Waals surface area contributed by atoms with Crippen LogP contribution in [-0.2, 0) is 20.8 Å². The first-order chi connectivity index (χ1) is 16.8. The lowest BCUT2D eigenvalue weighted by Gasteiger charge is -2.28. The molecule has 0 aromatic heterocycles. The van der Waals surface area contributed by atoms with E-state index in [1.807, 2.05) is 0 Å². The predicted molar refractivity (Wildman–Crippen MR) is 119 cm³/mol. The summed E-state index contributed by atoms with van der Waals surface area (Å²) in [5.74, 6) is -3.03. The highest BCUT2D eigenvalue weighted by Gasteiger charge is 2.45. The van der Waals surface area contributed by atoms with Gasteiger partial charge in [0.05, 0.1) is 16.5 Å². The number of carbonyl (C=O) groups is 2. The van der Waals surface area contributed by atoms with Crippen LogP contribution in [0.3, 0.4) is 0 Å². The minimum Gasteiger partial charge on any atom is -0.347 e. The highest BCUT2D eigenvalue weighted by Crippen LogP contribution is 2.43. The molecule has 1 aliphatic carbocycles. The summed E-state index contributed by atoms with van der Waals surface area (Å²) in [5.41, 5.74) is -1.36. The van der Waals surface area contributed by atoms with Gasteiger partial charge in [0, 0.05) is 23.9 Å². The summed E-state index contributed by atoms with van der Waals surface area (Å²) in [6, 6.07) is 4.65. The first-order valence-corrected chi connectivity index (χ1v) is 13.1. The van der Waals surface area contributed by atoms with E-state index in [0.29, 0.717) is 18.9 Å². The Labute approximate surface area is 204 Å². The minimum absolute atomic E-state index is 0.0441. The lowest BCUT2D eigenvalue weighted by atomic mass is 9.99. The fourth-order valence-electron chi connectivity index (χ4n) is 4.39. The Bertz CT molecular complexity index is 1290. The Balaban J connectivity index is 1.58. The molecule has 194 valence electrons. The van der Waals surface area contributed by atoms with Gasteiger partial charge in [-0.3, -0.25) is 9.59 Å². The number of amides is 2. The van der Waals surface area contributed by atoms with E-state index in [-0.39, 0.29) is 34.9 Å². The third-order valence-corrected chi connectivity index (χ3v) is 7.53. The van der Waals surface area contributed by atoms with Crippen LogP contribution >= 0.6 is 0 Å². The van der Waals surface area contributed by atoms with Gasteiger partial charge in [-0.05, 0) is 55.5 Å². The average molecular weight is 531 g/mol. The van der Waals surface area contributed by atoms with Gasteiger partial charge in [-0.2, -0.15) is 13.2 Å². The van der Waals surface area contributed by atoms with E-state index in [9.17, 15) is 40.0 Å². The third-order valence-electron chi connectivity index (χ3n) is 6.42. The third kappa shape index (κ3) is 5.37. The van der Waals surface area contributed by atoms with Crippen molar-refractivity contribution in [1.82, 2.24) is 10.2 Å². The number of rotatable bonds is 6. The number of hydrogen-bond acceptors (Lipinski definition) is 4. The zero-order chi connectivity index (χ0) is 26.4. The maximum atomic E-state index is 14.8. The standard InChI is InChI=1S/C24H23F5N2O4S/c1-36(34,35)16-4-2-3-14(11-16)23(33)31-10-9-18(25)21(31)22(32)30-20(13-5-6-13)17-8-7-15(12-19(17)26)24(27,28)29/h2-4,7-8,11-13,18,20-21H,5-6,9-10H2,1H3,(H,30,32)/t18-,20-,21-/m1/s1. The highest BCUT2D eigenvalue weighted by molar-refractivity contribution is 7.90. The van der Waals surface area contributed by atoms with Crippen LogP contribution in [-0.4, -0.2) is 50.1 Å². The molecule has 1 N–H and O–H groups in total. The zero-order valence-electron chi connectivity index (χ0n) is 19.1. The van der Waals surface area contributed by atoms with Gasteiger partial charge in [-0.15, -0.1) is 0 Å². The van der Waals surface area contributed by atoms with Gasteiger partial charge >= 0.3 is 6.18 Å². The number of halogens is 5. The first-order valence-electron chi connectivity index (χ1n) is 11.2. The minimum atomic E-state index is -4.74. The van der Waals surface area contributed by atoms with Crippen LogP contribution in [0.15, 0.2) is 47.4 Å². The molecule has 1 saturated carbocycles. The molecule has 2 fully saturated rings. The molecule has 12 heteroatoms. The van der Waals surface area contributed by atoms with Crippen LogP contribution < -0.4 is 5.32 Å². The van der Waals surface area contributed by atoms with Crippen LogP contribution in [0.4, 0.5) is 22.0 Å². The van der Waals surface area contributed by atoms with Gasteiger partial charge in [-0.25, -0.2) is 17.2 Å². The Morgan fingerprint density at radius 1 is 1.08 bits per heavy atom. The number of alkyl halides is 4. The van der Waals surface area contributed by atoms with Gasteiger partial charge in [-0.1, -0.05) is 12.1 Å². The molecule has 6 nitrogen and oxygen atoms in total. The Kier molecular flexibility index (Phi) is 6.84. The summed E-state index contributed by atoms with van der Waals surface area (Å²) in [6.07, 6.45) is -4.45. The topological polar surface area (TPSA) is 83.6 Å². The SMILES string of the molecule is CS(=O)(=O)c1cccc(C(=O)N2CC[C@@H](F)[C@@H]2C(=O)N[C@@H](c2ccc(C(F)(F)F)cc2F)C2CC2)c1. The molecule has 0 spiro atoms. The van der Waals surface area contributed by atoms with Crippen molar-refractivity contribution in [2.45, 2.75) is 48.6 Å². The van der Waals surface area contributed by atoms with Crippen LogP contribution in [0.1, 0.15) is 46.8 Å². The van der Waals surface area contributed by atoms with Crippen molar-refractivity contribution >= 4 is 21.7 Å². The van der Waals surface area contributed by atoms with Crippen molar-refractivity contribution in [2.75, 3.05) is 12.8 Å². The van der Waals surface area contributed by atoms with E-state index in [1.54, 1.807) is 0 Å². The quantitative estimate of drug-likeness (QED) is 0.571. The second-order valence-electron chi connectivity index (χ2n) is 9.11. The van der Waals surface area contributed by atoms with Crippen LogP contribution in [0, 0.1) is 11.7 Å². The van der Waals surface area contributed by atoms with Gasteiger partial charge in [0.2, 0.25) is 5.91 Å². The molecular weight excluding hydrogens is 507 g/mol. The Morgan fingerprint density at radius 2 is 1.78 bits per heavy atom. The molecule has 0 bridgehead atoms. The van der Waals surface area contributed by atoms with Crippen molar-refractivity contribution in [3.63, 3.8) is 0 Å². The van der Waals surface area contributed by atoms with Crippen LogP contribution in [0.25, 0.3) is 0 Å². The molecule has 2 amide bonds. The lowest BCUT2D eigenvalue weighted by molar-refractivity contribution is -0.137. The molecule has 2 aliphatic rings. The van der Waals surface area contributed by atoms with Crippen molar-refractivity contribution in [3.8, 4) is 0 Å². The van der Waals surface area contributed by atoms with Crippen molar-refractivity contribution in [2.24, 2.45) is 5.92 Å². The molecule has 2 aromatic rings. The molecule has 2 aromatic carbocycles. The average Bonchev–Trinajstić information content (AvgIpc) is 3.57. The summed E-state index contributed by atoms with van der Waals surface area (Å²) in [5, 5.41) is 2.55. The van der Waals surface area contributed by atoms with Crippen molar-refractivity contribution in [3.05, 3.63) is 65.0 Å². The summed E-state index contributed by atoms with van der Waals surface area (Å²) in [6.45, 7) is -0.107. The number of hydrogen-bond donors (Lipinski definition) is 1. The van der Waals surface area contributed by atoms with Crippen LogP contribution in [0.2, 0.25) is 0 Å². The van der Waals surface area contributed by atoms with Gasteiger partial charge in [0.1, 0.15) is 18.0 Å². The smallest absolute Gasteiger partial charge is 0.347 e. The predicted octanol–water partition coefficient (Wildman–Crippen LogP) is 4.07. The fourth-order valence-corrected chi connectivity index (χ4v) is 5.05. The van der Waals surface area contributed by atoms with Gasteiger partial charge < -0.3 is 10.2 Å². The van der Waals surface area contributed by atoms with E-state index < -0.39 is 57.5 Å². The fraction of sp³-hybridized carbons (Fsp3) is 0.417. The summed E-state index contributed by atoms with van der Waals surface area (Å²) >= 11 is 0. The number of benzene rings is 2. The van der Waals surface area contributed by atoms with E-state index in [2.05, 4.69) is 5.32 Å². The maximum absolute atomic E-state index is 14.8. The summed E-state index contributed by atoms with van der Waals surface area (Å²) in [7, 11) is -3.62. The van der Waals surface area contributed by atoms with Gasteiger partial charge in [0.15, 0.2) is 9.84 Å². The Hall–Kier alpha value is -3.02. The molecule has 1 heterocycles. The molecular formula is C24H23F5N2O4S. The molecule has 3 atom stereocenters. The molecule has 4 rings (SSSR count). The molecule has 1 aliphatic heterocycles. The molecule has 0 radical (unpaired) electrons. The van der Waals surface area contributed by atoms with E-state index in [1.165, 1.54) is 18.2 Å². The second kappa shape index (κ2) is 9.45.